The van der Waals surface area contributed by atoms with Crippen molar-refractivity contribution in [1.82, 2.24) is 24.8 Å². The third-order valence-electron chi connectivity index (χ3n) is 6.31. The fourth-order valence-electron chi connectivity index (χ4n) is 4.14. The number of anilines is 2. The molecule has 1 aliphatic carbocycles. The maximum atomic E-state index is 12.0. The molecule has 1 aromatic carbocycles. The summed E-state index contributed by atoms with van der Waals surface area (Å²) >= 11 is 0. The number of nitrogens with one attached hydrogen (secondary N) is 2. The first-order valence-corrected chi connectivity index (χ1v) is 11.5. The number of hydrogen-bond donors (Lipinski definition) is 2. The molecule has 1 amide bonds. The van der Waals surface area contributed by atoms with E-state index in [0.717, 1.165) is 66.8 Å². The quantitative estimate of drug-likeness (QED) is 0.614. The van der Waals surface area contributed by atoms with Gasteiger partial charge in [0, 0.05) is 48.2 Å². The summed E-state index contributed by atoms with van der Waals surface area (Å²) in [4.78, 5) is 32.6. The molecule has 166 valence electrons. The Hall–Kier alpha value is -3.13. The van der Waals surface area contributed by atoms with Gasteiger partial charge in [0.1, 0.15) is 5.82 Å². The molecular formula is C24H29N7O. The number of piperidine rings is 1. The van der Waals surface area contributed by atoms with Crippen molar-refractivity contribution < 1.29 is 4.79 Å². The maximum Gasteiger partial charge on any atom is 0.229 e. The highest BCUT2D eigenvalue weighted by atomic mass is 16.2. The van der Waals surface area contributed by atoms with Crippen molar-refractivity contribution in [3.8, 4) is 11.3 Å². The summed E-state index contributed by atoms with van der Waals surface area (Å²) in [6.07, 6.45) is 9.39. The number of aromatic nitrogens is 4. The van der Waals surface area contributed by atoms with E-state index in [4.69, 9.17) is 4.98 Å². The van der Waals surface area contributed by atoms with E-state index >= 15 is 0 Å². The second-order valence-electron chi connectivity index (χ2n) is 9.07. The minimum Gasteiger partial charge on any atom is -0.366 e. The normalized spacial score (nSPS) is 17.6. The minimum atomic E-state index is 0.00405. The number of benzene rings is 1. The first kappa shape index (κ1) is 20.8. The zero-order valence-corrected chi connectivity index (χ0v) is 18.6. The van der Waals surface area contributed by atoms with Crippen LogP contribution in [0.25, 0.3) is 22.2 Å². The average Bonchev–Trinajstić information content (AvgIpc) is 3.65. The largest absolute Gasteiger partial charge is 0.366 e. The molecule has 2 N–H and O–H groups in total. The van der Waals surface area contributed by atoms with Gasteiger partial charge in [-0.25, -0.2) is 15.0 Å². The van der Waals surface area contributed by atoms with Gasteiger partial charge in [-0.3, -0.25) is 15.1 Å². The fraction of sp³-hybridized carbons (Fsp3) is 0.458. The molecule has 5 rings (SSSR count). The Bertz CT molecular complexity index is 1120. The van der Waals surface area contributed by atoms with Crippen molar-refractivity contribution >= 4 is 28.6 Å². The Morgan fingerprint density at radius 3 is 2.62 bits per heavy atom. The number of hydrogen-bond acceptors (Lipinski definition) is 7. The Morgan fingerprint density at radius 1 is 1.06 bits per heavy atom. The molecule has 2 fully saturated rings. The molecular weight excluding hydrogens is 402 g/mol. The highest BCUT2D eigenvalue weighted by Gasteiger charge is 2.30. The number of carbonyl (C=O) groups excluding carboxylic acids is 1. The molecule has 8 heteroatoms. The second-order valence-corrected chi connectivity index (χ2v) is 9.07. The van der Waals surface area contributed by atoms with Crippen LogP contribution in [0.1, 0.15) is 39.5 Å². The van der Waals surface area contributed by atoms with E-state index in [1.165, 1.54) is 0 Å². The van der Waals surface area contributed by atoms with Crippen molar-refractivity contribution in [2.24, 2.45) is 5.92 Å². The van der Waals surface area contributed by atoms with Crippen LogP contribution in [0.4, 0.5) is 11.8 Å². The van der Waals surface area contributed by atoms with Crippen molar-refractivity contribution in [1.29, 1.82) is 0 Å². The van der Waals surface area contributed by atoms with Crippen molar-refractivity contribution in [3.05, 3.63) is 36.8 Å². The summed E-state index contributed by atoms with van der Waals surface area (Å²) in [5.41, 5.74) is 2.49. The van der Waals surface area contributed by atoms with Crippen LogP contribution in [-0.4, -0.2) is 55.9 Å². The summed E-state index contributed by atoms with van der Waals surface area (Å²) in [6.45, 7) is 6.71. The number of likely N-dealkylation sites (tertiary alicyclic amines) is 1. The molecule has 0 unspecified atom stereocenters. The lowest BCUT2D eigenvalue weighted by molar-refractivity contribution is -0.117. The summed E-state index contributed by atoms with van der Waals surface area (Å²) in [7, 11) is 0. The molecule has 1 aliphatic heterocycles. The van der Waals surface area contributed by atoms with E-state index in [1.807, 2.05) is 18.2 Å². The average molecular weight is 432 g/mol. The monoisotopic (exact) mass is 431 g/mol. The van der Waals surface area contributed by atoms with Crippen LogP contribution in [0, 0.1) is 5.92 Å². The van der Waals surface area contributed by atoms with Gasteiger partial charge in [0.2, 0.25) is 11.9 Å². The van der Waals surface area contributed by atoms with Crippen LogP contribution in [0.15, 0.2) is 36.8 Å². The summed E-state index contributed by atoms with van der Waals surface area (Å²) in [5.74, 6) is 1.26. The van der Waals surface area contributed by atoms with Crippen LogP contribution in [-0.2, 0) is 4.79 Å². The van der Waals surface area contributed by atoms with Gasteiger partial charge in [0.15, 0.2) is 0 Å². The summed E-state index contributed by atoms with van der Waals surface area (Å²) in [6, 6.07) is 6.96. The number of fused-ring (bicyclic) bond motifs is 1. The van der Waals surface area contributed by atoms with E-state index in [0.29, 0.717) is 18.0 Å². The van der Waals surface area contributed by atoms with Gasteiger partial charge >= 0.3 is 0 Å². The molecule has 2 aromatic heterocycles. The third-order valence-corrected chi connectivity index (χ3v) is 6.31. The van der Waals surface area contributed by atoms with Crippen molar-refractivity contribution in [3.63, 3.8) is 0 Å². The molecule has 0 atom stereocenters. The predicted octanol–water partition coefficient (Wildman–Crippen LogP) is 3.72. The molecule has 1 saturated carbocycles. The lowest BCUT2D eigenvalue weighted by atomic mass is 10.0. The Balaban J connectivity index is 1.31. The zero-order valence-electron chi connectivity index (χ0n) is 18.6. The highest BCUT2D eigenvalue weighted by molar-refractivity contribution is 5.93. The molecule has 2 aliphatic rings. The van der Waals surface area contributed by atoms with Crippen molar-refractivity contribution in [2.45, 2.75) is 51.6 Å². The first-order chi connectivity index (χ1) is 15.5. The molecule has 8 nitrogen and oxygen atoms in total. The summed E-state index contributed by atoms with van der Waals surface area (Å²) < 4.78 is 0. The zero-order chi connectivity index (χ0) is 22.1. The van der Waals surface area contributed by atoms with Gasteiger partial charge < -0.3 is 10.2 Å². The van der Waals surface area contributed by atoms with Crippen LogP contribution in [0.5, 0.6) is 0 Å². The van der Waals surface area contributed by atoms with E-state index in [-0.39, 0.29) is 11.8 Å². The topological polar surface area (TPSA) is 95.9 Å². The molecule has 0 radical (unpaired) electrons. The van der Waals surface area contributed by atoms with E-state index in [2.05, 4.69) is 44.3 Å². The van der Waals surface area contributed by atoms with Gasteiger partial charge in [0.25, 0.3) is 0 Å². The standard InChI is InChI=1S/C24H29N7O/c1-15(2)31-9-7-19(8-10-31)27-22-14-25-13-21(28-22)17-5-6-18-12-26-24(29-20(18)11-17)30-23(32)16-3-4-16/h5-6,11-16,19H,3-4,7-10H2,1-2H3,(H,27,28)(H,26,29,30,32). The van der Waals surface area contributed by atoms with Gasteiger partial charge in [-0.1, -0.05) is 12.1 Å². The number of rotatable bonds is 6. The maximum absolute atomic E-state index is 12.0. The molecule has 3 heterocycles. The van der Waals surface area contributed by atoms with Crippen LogP contribution < -0.4 is 10.6 Å². The predicted molar refractivity (Wildman–Crippen MR) is 125 cm³/mol. The fourth-order valence-corrected chi connectivity index (χ4v) is 4.14. The van der Waals surface area contributed by atoms with E-state index in [1.54, 1.807) is 18.6 Å². The van der Waals surface area contributed by atoms with E-state index in [9.17, 15) is 4.79 Å². The van der Waals surface area contributed by atoms with Crippen LogP contribution in [0.3, 0.4) is 0 Å². The van der Waals surface area contributed by atoms with Gasteiger partial charge in [-0.2, -0.15) is 0 Å². The number of nitrogens with zero attached hydrogens (tertiary/aromatic N) is 5. The Labute approximate surface area is 187 Å². The van der Waals surface area contributed by atoms with Gasteiger partial charge in [-0.15, -0.1) is 0 Å². The minimum absolute atomic E-state index is 0.00405. The Kier molecular flexibility index (Phi) is 5.70. The highest BCUT2D eigenvalue weighted by Crippen LogP contribution is 2.30. The van der Waals surface area contributed by atoms with E-state index < -0.39 is 0 Å². The van der Waals surface area contributed by atoms with Gasteiger partial charge in [0.05, 0.1) is 23.6 Å². The van der Waals surface area contributed by atoms with Crippen LogP contribution in [0.2, 0.25) is 0 Å². The summed E-state index contributed by atoms with van der Waals surface area (Å²) in [5, 5.41) is 7.29. The smallest absolute Gasteiger partial charge is 0.229 e. The third kappa shape index (κ3) is 4.70. The lowest BCUT2D eigenvalue weighted by Crippen LogP contribution is -2.42. The number of amides is 1. The lowest BCUT2D eigenvalue weighted by Gasteiger charge is -2.35. The molecule has 0 spiro atoms. The Morgan fingerprint density at radius 2 is 1.88 bits per heavy atom. The molecule has 1 saturated heterocycles. The van der Waals surface area contributed by atoms with Crippen molar-refractivity contribution in [2.75, 3.05) is 23.7 Å². The molecule has 32 heavy (non-hydrogen) atoms. The van der Waals surface area contributed by atoms with Gasteiger partial charge in [-0.05, 0) is 45.6 Å². The number of carbonyl (C=O) groups is 1. The van der Waals surface area contributed by atoms with Crippen LogP contribution >= 0.6 is 0 Å². The first-order valence-electron chi connectivity index (χ1n) is 11.5. The molecule has 0 bridgehead atoms. The SMILES string of the molecule is CC(C)N1CCC(Nc2cncc(-c3ccc4cnc(NC(=O)C5CC5)nc4c3)n2)CC1. The molecule has 3 aromatic rings. The second kappa shape index (κ2) is 8.78.